The average molecular weight is 399 g/mol. The van der Waals surface area contributed by atoms with E-state index in [1.165, 1.54) is 18.1 Å². The molecule has 6 nitrogen and oxygen atoms in total. The van der Waals surface area contributed by atoms with Gasteiger partial charge < -0.3 is 9.73 Å². The van der Waals surface area contributed by atoms with E-state index in [0.29, 0.717) is 32.5 Å². The predicted octanol–water partition coefficient (Wildman–Crippen LogP) is 4.77. The lowest BCUT2D eigenvalue weighted by Crippen LogP contribution is -2.14. The zero-order chi connectivity index (χ0) is 19.0. The summed E-state index contributed by atoms with van der Waals surface area (Å²) in [5.74, 6) is 0.0245. The Morgan fingerprint density at radius 2 is 2.11 bits per heavy atom. The van der Waals surface area contributed by atoms with Gasteiger partial charge in [-0.05, 0) is 43.7 Å². The summed E-state index contributed by atoms with van der Waals surface area (Å²) in [6.45, 7) is 3.92. The second-order valence-corrected chi connectivity index (χ2v) is 7.47. The number of anilines is 1. The van der Waals surface area contributed by atoms with Crippen molar-refractivity contribution in [1.82, 2.24) is 15.0 Å². The number of amides is 1. The van der Waals surface area contributed by atoms with Crippen molar-refractivity contribution in [3.05, 3.63) is 52.9 Å². The first-order valence-electron chi connectivity index (χ1n) is 8.21. The number of halogens is 1. The van der Waals surface area contributed by atoms with Gasteiger partial charge in [0.1, 0.15) is 16.9 Å². The third-order valence-electron chi connectivity index (χ3n) is 3.97. The van der Waals surface area contributed by atoms with Crippen LogP contribution in [0.1, 0.15) is 11.3 Å². The maximum atomic E-state index is 12.2. The van der Waals surface area contributed by atoms with Crippen molar-refractivity contribution in [2.75, 3.05) is 11.1 Å². The van der Waals surface area contributed by atoms with Gasteiger partial charge in [-0.3, -0.25) is 4.79 Å². The number of rotatable bonds is 4. The van der Waals surface area contributed by atoms with E-state index >= 15 is 0 Å². The maximum Gasteiger partial charge on any atom is 0.234 e. The molecule has 1 amide bonds. The first-order chi connectivity index (χ1) is 13.0. The Morgan fingerprint density at radius 3 is 2.93 bits per heavy atom. The molecule has 4 aromatic rings. The fourth-order valence-electron chi connectivity index (χ4n) is 2.89. The minimum absolute atomic E-state index is 0.157. The maximum absolute atomic E-state index is 12.2. The number of nitrogens with zero attached hydrogens (tertiary/aromatic N) is 3. The van der Waals surface area contributed by atoms with Gasteiger partial charge >= 0.3 is 0 Å². The summed E-state index contributed by atoms with van der Waals surface area (Å²) in [7, 11) is 0. The van der Waals surface area contributed by atoms with Crippen LogP contribution in [0.25, 0.3) is 22.2 Å². The minimum atomic E-state index is -0.157. The number of pyridine rings is 1. The fourth-order valence-corrected chi connectivity index (χ4v) is 3.81. The summed E-state index contributed by atoms with van der Waals surface area (Å²) in [5, 5.41) is 4.87. The lowest BCUT2D eigenvalue weighted by molar-refractivity contribution is -0.113. The van der Waals surface area contributed by atoms with Crippen molar-refractivity contribution in [2.24, 2.45) is 0 Å². The molecule has 4 rings (SSSR count). The second-order valence-electron chi connectivity index (χ2n) is 6.07. The highest BCUT2D eigenvalue weighted by atomic mass is 35.5. The van der Waals surface area contributed by atoms with Gasteiger partial charge in [0.25, 0.3) is 0 Å². The van der Waals surface area contributed by atoms with E-state index in [4.69, 9.17) is 16.0 Å². The summed E-state index contributed by atoms with van der Waals surface area (Å²) in [6, 6.07) is 9.01. The largest absolute Gasteiger partial charge is 0.433 e. The number of benzene rings is 1. The van der Waals surface area contributed by atoms with Crippen LogP contribution in [0.4, 0.5) is 5.69 Å². The lowest BCUT2D eigenvalue weighted by atomic mass is 10.1. The Kier molecular flexibility index (Phi) is 4.72. The van der Waals surface area contributed by atoms with Crippen LogP contribution in [-0.2, 0) is 4.79 Å². The number of aryl methyl sites for hydroxylation is 2. The van der Waals surface area contributed by atoms with Crippen LogP contribution in [0, 0.1) is 13.8 Å². The van der Waals surface area contributed by atoms with Crippen molar-refractivity contribution < 1.29 is 9.21 Å². The van der Waals surface area contributed by atoms with Crippen molar-refractivity contribution in [2.45, 2.75) is 18.9 Å². The predicted molar refractivity (Wildman–Crippen MR) is 107 cm³/mol. The number of thioether (sulfide) groups is 1. The second kappa shape index (κ2) is 7.17. The van der Waals surface area contributed by atoms with E-state index in [1.54, 1.807) is 24.3 Å². The zero-order valence-corrected chi connectivity index (χ0v) is 16.2. The van der Waals surface area contributed by atoms with E-state index in [1.807, 2.05) is 19.9 Å². The Bertz CT molecular complexity index is 1180. The smallest absolute Gasteiger partial charge is 0.234 e. The van der Waals surface area contributed by atoms with Crippen LogP contribution in [0.3, 0.4) is 0 Å². The number of fused-ring (bicyclic) bond motifs is 3. The highest BCUT2D eigenvalue weighted by Crippen LogP contribution is 2.33. The van der Waals surface area contributed by atoms with Gasteiger partial charge in [0.05, 0.1) is 11.1 Å². The summed E-state index contributed by atoms with van der Waals surface area (Å²) in [6.07, 6.45) is 1.48. The molecule has 0 spiro atoms. The molecule has 0 unspecified atom stereocenters. The van der Waals surface area contributed by atoms with Crippen molar-refractivity contribution in [1.29, 1.82) is 0 Å². The molecule has 0 saturated heterocycles. The van der Waals surface area contributed by atoms with Crippen LogP contribution in [-0.4, -0.2) is 26.6 Å². The number of aromatic nitrogens is 3. The Balaban J connectivity index is 1.59. The van der Waals surface area contributed by atoms with Crippen molar-refractivity contribution >= 4 is 57.2 Å². The molecule has 1 aromatic carbocycles. The van der Waals surface area contributed by atoms with Gasteiger partial charge in [0, 0.05) is 16.4 Å². The molecule has 0 aliphatic carbocycles. The highest BCUT2D eigenvalue weighted by Gasteiger charge is 2.17. The molecular weight excluding hydrogens is 384 g/mol. The number of nitrogens with one attached hydrogen (secondary N) is 1. The summed E-state index contributed by atoms with van der Waals surface area (Å²) < 4.78 is 5.91. The van der Waals surface area contributed by atoms with Gasteiger partial charge in [-0.2, -0.15) is 0 Å². The molecule has 1 N–H and O–H groups in total. The monoisotopic (exact) mass is 398 g/mol. The van der Waals surface area contributed by atoms with E-state index in [0.717, 1.165) is 16.6 Å². The van der Waals surface area contributed by atoms with E-state index in [2.05, 4.69) is 20.3 Å². The third-order valence-corrected chi connectivity index (χ3v) is 5.17. The van der Waals surface area contributed by atoms with Gasteiger partial charge in [-0.25, -0.2) is 15.0 Å². The molecule has 3 aromatic heterocycles. The molecule has 27 heavy (non-hydrogen) atoms. The first kappa shape index (κ1) is 17.8. The summed E-state index contributed by atoms with van der Waals surface area (Å²) >= 11 is 7.23. The number of furan rings is 1. The van der Waals surface area contributed by atoms with Crippen molar-refractivity contribution in [3.8, 4) is 0 Å². The number of hydrogen-bond donors (Lipinski definition) is 1. The van der Waals surface area contributed by atoms with E-state index in [9.17, 15) is 4.79 Å². The van der Waals surface area contributed by atoms with Crippen LogP contribution >= 0.6 is 23.4 Å². The van der Waals surface area contributed by atoms with E-state index in [-0.39, 0.29) is 11.7 Å². The average Bonchev–Trinajstić information content (AvgIpc) is 2.98. The topological polar surface area (TPSA) is 80.9 Å². The molecule has 3 heterocycles. The summed E-state index contributed by atoms with van der Waals surface area (Å²) in [4.78, 5) is 25.3. The summed E-state index contributed by atoms with van der Waals surface area (Å²) in [5.41, 5.74) is 4.37. The minimum Gasteiger partial charge on any atom is -0.433 e. The van der Waals surface area contributed by atoms with Gasteiger partial charge in [-0.1, -0.05) is 29.4 Å². The lowest BCUT2D eigenvalue weighted by Gasteiger charge is -2.05. The van der Waals surface area contributed by atoms with Crippen LogP contribution in [0.15, 0.2) is 46.1 Å². The molecule has 0 saturated carbocycles. The van der Waals surface area contributed by atoms with Crippen LogP contribution < -0.4 is 5.32 Å². The molecule has 8 heteroatoms. The van der Waals surface area contributed by atoms with Crippen LogP contribution in [0.5, 0.6) is 0 Å². The molecular formula is C19H15ClN4O2S. The fraction of sp³-hybridized carbons (Fsp3) is 0.158. The molecule has 0 bridgehead atoms. The number of hydrogen-bond acceptors (Lipinski definition) is 6. The van der Waals surface area contributed by atoms with Gasteiger partial charge in [0.2, 0.25) is 11.6 Å². The number of carbonyl (C=O) groups excluding carboxylic acids is 1. The first-order valence-corrected chi connectivity index (χ1v) is 9.57. The van der Waals surface area contributed by atoms with Gasteiger partial charge in [0.15, 0.2) is 5.58 Å². The normalized spacial score (nSPS) is 11.2. The molecule has 0 atom stereocenters. The van der Waals surface area contributed by atoms with E-state index < -0.39 is 0 Å². The van der Waals surface area contributed by atoms with Crippen molar-refractivity contribution in [3.63, 3.8) is 0 Å². The SMILES string of the molecule is Cc1cc(C)c2c(n1)oc1c(SCC(=O)Nc3cccc(Cl)c3)ncnc12. The number of carbonyl (C=O) groups is 1. The molecule has 0 aliphatic heterocycles. The standard InChI is InChI=1S/C19H15ClN4O2S/c1-10-6-11(2)23-18-15(10)16-17(26-18)19(22-9-21-16)27-8-14(25)24-13-5-3-4-12(20)7-13/h3-7,9H,8H2,1-2H3,(H,24,25). The molecule has 136 valence electrons. The quantitative estimate of drug-likeness (QED) is 0.394. The molecule has 0 fully saturated rings. The Labute approximate surface area is 164 Å². The van der Waals surface area contributed by atoms with Gasteiger partial charge in [-0.15, -0.1) is 0 Å². The highest BCUT2D eigenvalue weighted by molar-refractivity contribution is 8.00. The Hall–Kier alpha value is -2.64. The Morgan fingerprint density at radius 1 is 1.26 bits per heavy atom. The third kappa shape index (κ3) is 3.61. The molecule has 0 radical (unpaired) electrons. The zero-order valence-electron chi connectivity index (χ0n) is 14.6. The van der Waals surface area contributed by atoms with Crippen LogP contribution in [0.2, 0.25) is 5.02 Å². The molecule has 0 aliphatic rings.